The van der Waals surface area contributed by atoms with Gasteiger partial charge in [0, 0.05) is 0 Å². The van der Waals surface area contributed by atoms with Gasteiger partial charge in [0.1, 0.15) is 0 Å². The fourth-order valence-corrected chi connectivity index (χ4v) is 1.71. The van der Waals surface area contributed by atoms with Crippen LogP contribution >= 0.6 is 37.1 Å². The summed E-state index contributed by atoms with van der Waals surface area (Å²) in [6, 6.07) is 0. The highest BCUT2D eigenvalue weighted by atomic mass is 32.1. The molecule has 0 radical (unpaired) electrons. The van der Waals surface area contributed by atoms with Crippen molar-refractivity contribution in [1.29, 1.82) is 0 Å². The predicted octanol–water partition coefficient (Wildman–Crippen LogP) is -0.0670. The van der Waals surface area contributed by atoms with Gasteiger partial charge in [-0.1, -0.05) is 5.10 Å². The topological polar surface area (TPSA) is 61.8 Å². The maximum Gasteiger partial charge on any atom is 0.258 e. The molecule has 0 aliphatic carbocycles. The number of H-pyrrole nitrogens is 1. The fourth-order valence-electron chi connectivity index (χ4n) is 1.00. The molecule has 0 amide bonds. The maximum absolute atomic E-state index is 5.09. The lowest BCUT2D eigenvalue weighted by atomic mass is 10.5. The smallest absolute Gasteiger partial charge is 0.258 e. The van der Waals surface area contributed by atoms with E-state index in [1.54, 1.807) is 5.01 Å². The molecule has 1 aromatic rings. The fraction of sp³-hybridized carbons (Fsp3) is 0.200. The van der Waals surface area contributed by atoms with E-state index in [1.165, 1.54) is 4.79 Å². The Morgan fingerprint density at radius 3 is 2.86 bits per heavy atom. The van der Waals surface area contributed by atoms with Gasteiger partial charge in [-0.3, -0.25) is 0 Å². The number of aromatic nitrogens is 4. The summed E-state index contributed by atoms with van der Waals surface area (Å²) in [7, 11) is 0. The summed E-state index contributed by atoms with van der Waals surface area (Å²) in [5, 5.41) is 15.6. The van der Waals surface area contributed by atoms with Crippen molar-refractivity contribution in [2.45, 2.75) is 0 Å². The Morgan fingerprint density at radius 2 is 2.29 bits per heavy atom. The third-order valence-corrected chi connectivity index (χ3v) is 2.49. The highest BCUT2D eigenvalue weighted by molar-refractivity contribution is 7.84. The molecule has 74 valence electrons. The third-order valence-electron chi connectivity index (χ3n) is 1.62. The van der Waals surface area contributed by atoms with Crippen LogP contribution in [0.3, 0.4) is 0 Å². The van der Waals surface area contributed by atoms with Crippen LogP contribution < -0.4 is 10.3 Å². The molecule has 0 unspecified atom stereocenters. The second-order valence-electron chi connectivity index (χ2n) is 2.50. The van der Waals surface area contributed by atoms with Crippen LogP contribution in [0.5, 0.6) is 0 Å². The number of nitrogens with zero attached hydrogens (tertiary/aromatic N) is 4. The van der Waals surface area contributed by atoms with Crippen molar-refractivity contribution in [2.24, 2.45) is 0 Å². The van der Waals surface area contributed by atoms with Gasteiger partial charge in [0.05, 0.1) is 11.6 Å². The quantitative estimate of drug-likeness (QED) is 0.476. The molecule has 2 N–H and O–H groups in total. The van der Waals surface area contributed by atoms with Crippen LogP contribution in [-0.4, -0.2) is 32.0 Å². The molecule has 9 heteroatoms. The molecule has 1 aliphatic heterocycles. The largest absolute Gasteiger partial charge is 0.326 e. The zero-order valence-electron chi connectivity index (χ0n) is 6.84. The van der Waals surface area contributed by atoms with Gasteiger partial charge in [-0.2, -0.15) is 5.21 Å². The van der Waals surface area contributed by atoms with Gasteiger partial charge < -0.3 is 5.32 Å². The molecule has 0 aromatic carbocycles. The molecule has 2 rings (SSSR count). The Labute approximate surface area is 95.3 Å². The van der Waals surface area contributed by atoms with Gasteiger partial charge in [-0.05, 0) is 35.7 Å². The van der Waals surface area contributed by atoms with Crippen molar-refractivity contribution in [3.63, 3.8) is 0 Å². The van der Waals surface area contributed by atoms with E-state index in [9.17, 15) is 0 Å². The average Bonchev–Trinajstić information content (AvgIpc) is 2.52. The average molecular weight is 246 g/mol. The highest BCUT2D eigenvalue weighted by Crippen LogP contribution is 2.04. The van der Waals surface area contributed by atoms with E-state index in [-0.39, 0.29) is 0 Å². The first kappa shape index (κ1) is 9.62. The second-order valence-corrected chi connectivity index (χ2v) is 3.73. The monoisotopic (exact) mass is 246 g/mol. The maximum atomic E-state index is 5.09. The van der Waals surface area contributed by atoms with Crippen molar-refractivity contribution in [3.8, 4) is 0 Å². The van der Waals surface area contributed by atoms with Gasteiger partial charge in [-0.15, -0.1) is 17.4 Å². The Hall–Kier alpha value is -0.930. The van der Waals surface area contributed by atoms with Gasteiger partial charge >= 0.3 is 0 Å². The van der Waals surface area contributed by atoms with Crippen LogP contribution in [0, 0.1) is 4.77 Å². The van der Waals surface area contributed by atoms with Crippen molar-refractivity contribution >= 4 is 42.2 Å². The lowest BCUT2D eigenvalue weighted by Crippen LogP contribution is -2.49. The molecule has 0 spiro atoms. The number of hydrogen-bond donors (Lipinski definition) is 3. The summed E-state index contributed by atoms with van der Waals surface area (Å²) < 4.78 is 0.324. The SMILES string of the molecule is S=C1NC(S)=CCN1n1[nH]nnc1=S. The Bertz CT molecular complexity index is 444. The number of thiol groups is 1. The van der Waals surface area contributed by atoms with Gasteiger partial charge in [0.15, 0.2) is 5.11 Å². The highest BCUT2D eigenvalue weighted by Gasteiger charge is 2.16. The summed E-state index contributed by atoms with van der Waals surface area (Å²) in [5.74, 6) is 0. The predicted molar refractivity (Wildman–Crippen MR) is 61.1 cm³/mol. The van der Waals surface area contributed by atoms with Crippen LogP contribution in [0.15, 0.2) is 11.1 Å². The van der Waals surface area contributed by atoms with Crippen LogP contribution in [0.4, 0.5) is 0 Å². The van der Waals surface area contributed by atoms with E-state index >= 15 is 0 Å². The van der Waals surface area contributed by atoms with Crippen LogP contribution in [-0.2, 0) is 0 Å². The third kappa shape index (κ3) is 1.65. The molecule has 0 atom stereocenters. The molecule has 6 nitrogen and oxygen atoms in total. The first-order valence-corrected chi connectivity index (χ1v) is 4.93. The minimum atomic E-state index is 0.324. The molecule has 0 saturated heterocycles. The molecule has 1 aromatic heterocycles. The van der Waals surface area contributed by atoms with E-state index in [2.05, 4.69) is 33.5 Å². The molecular weight excluding hydrogens is 240 g/mol. The molecule has 0 bridgehead atoms. The zero-order valence-corrected chi connectivity index (χ0v) is 9.36. The van der Waals surface area contributed by atoms with E-state index in [4.69, 9.17) is 24.4 Å². The van der Waals surface area contributed by atoms with Gasteiger partial charge in [0.25, 0.3) is 4.77 Å². The molecule has 1 aliphatic rings. The van der Waals surface area contributed by atoms with Crippen molar-refractivity contribution in [2.75, 3.05) is 11.6 Å². The molecule has 0 fully saturated rings. The first-order valence-electron chi connectivity index (χ1n) is 3.66. The number of tetrazole rings is 1. The van der Waals surface area contributed by atoms with Gasteiger partial charge in [-0.25, -0.2) is 5.01 Å². The second kappa shape index (κ2) is 3.67. The summed E-state index contributed by atoms with van der Waals surface area (Å²) in [4.78, 5) is 1.49. The first-order chi connectivity index (χ1) is 6.68. The van der Waals surface area contributed by atoms with Crippen LogP contribution in [0.1, 0.15) is 0 Å². The summed E-state index contributed by atoms with van der Waals surface area (Å²) in [6.07, 6.45) is 1.86. The van der Waals surface area contributed by atoms with E-state index < -0.39 is 0 Å². The number of rotatable bonds is 1. The summed E-state index contributed by atoms with van der Waals surface area (Å²) in [5.41, 5.74) is 0. The Balaban J connectivity index is 2.34. The van der Waals surface area contributed by atoms with Crippen LogP contribution in [0.2, 0.25) is 0 Å². The zero-order chi connectivity index (χ0) is 10.1. The number of hydrogen-bond acceptors (Lipinski definition) is 5. The number of thiocarbonyl (C=S) groups is 1. The minimum Gasteiger partial charge on any atom is -0.326 e. The standard InChI is InChI=1S/C5H6N6S3/c12-3-1-2-10(4(13)6-3)11-5(14)7-8-9-11/h1,12H,2H2,(H,6,13)(H,7,9,14). The van der Waals surface area contributed by atoms with Crippen molar-refractivity contribution in [3.05, 3.63) is 15.9 Å². The molecule has 2 heterocycles. The van der Waals surface area contributed by atoms with Crippen molar-refractivity contribution < 1.29 is 0 Å². The number of aromatic amines is 1. The molecule has 14 heavy (non-hydrogen) atoms. The van der Waals surface area contributed by atoms with E-state index in [1.807, 2.05) is 6.08 Å². The summed E-state index contributed by atoms with van der Waals surface area (Å²) in [6.45, 7) is 0.572. The normalized spacial score (nSPS) is 16.5. The molecule has 0 saturated carbocycles. The van der Waals surface area contributed by atoms with Crippen molar-refractivity contribution in [1.82, 2.24) is 25.6 Å². The summed E-state index contributed by atoms with van der Waals surface area (Å²) >= 11 is 14.2. The molecular formula is C5H6N6S3. The lowest BCUT2D eigenvalue weighted by Gasteiger charge is -2.27. The lowest BCUT2D eigenvalue weighted by molar-refractivity contribution is 0.615. The number of nitrogens with one attached hydrogen (secondary N) is 2. The minimum absolute atomic E-state index is 0.324. The van der Waals surface area contributed by atoms with Gasteiger partial charge in [0.2, 0.25) is 0 Å². The van der Waals surface area contributed by atoms with E-state index in [0.717, 1.165) is 5.03 Å². The Kier molecular flexibility index (Phi) is 2.52. The van der Waals surface area contributed by atoms with E-state index in [0.29, 0.717) is 16.4 Å². The Morgan fingerprint density at radius 1 is 1.50 bits per heavy atom. The van der Waals surface area contributed by atoms with Crippen LogP contribution in [0.25, 0.3) is 0 Å².